The van der Waals surface area contributed by atoms with Crippen LogP contribution >= 0.6 is 11.8 Å². The molecule has 32 heavy (non-hydrogen) atoms. The molecule has 0 radical (unpaired) electrons. The van der Waals surface area contributed by atoms with E-state index in [1.165, 1.54) is 0 Å². The fourth-order valence-corrected chi connectivity index (χ4v) is 6.13. The summed E-state index contributed by atoms with van der Waals surface area (Å²) in [6.45, 7) is 2.13. The molecule has 1 aromatic carbocycles. The van der Waals surface area contributed by atoms with Crippen molar-refractivity contribution in [3.8, 4) is 16.9 Å². The Labute approximate surface area is 193 Å². The van der Waals surface area contributed by atoms with Gasteiger partial charge in [-0.25, -0.2) is 13.1 Å². The summed E-state index contributed by atoms with van der Waals surface area (Å²) in [5.41, 5.74) is 1.94. The van der Waals surface area contributed by atoms with Crippen molar-refractivity contribution in [3.63, 3.8) is 0 Å². The molecule has 1 saturated carbocycles. The lowest BCUT2D eigenvalue weighted by Gasteiger charge is -2.22. The number of hydrogen-bond acceptors (Lipinski definition) is 6. The normalized spacial score (nSPS) is 23.0. The lowest BCUT2D eigenvalue weighted by molar-refractivity contribution is -0.123. The summed E-state index contributed by atoms with van der Waals surface area (Å²) >= 11 is 1.71. The third kappa shape index (κ3) is 6.02. The molecule has 2 aromatic rings. The van der Waals surface area contributed by atoms with Crippen molar-refractivity contribution in [2.24, 2.45) is 0 Å². The minimum Gasteiger partial charge on any atom is -0.491 e. The third-order valence-electron chi connectivity index (χ3n) is 5.53. The van der Waals surface area contributed by atoms with Gasteiger partial charge < -0.3 is 10.1 Å². The van der Waals surface area contributed by atoms with Crippen LogP contribution in [0.5, 0.6) is 5.75 Å². The van der Waals surface area contributed by atoms with Gasteiger partial charge in [0.15, 0.2) is 0 Å². The van der Waals surface area contributed by atoms with E-state index in [1.54, 1.807) is 11.8 Å². The van der Waals surface area contributed by atoms with Gasteiger partial charge >= 0.3 is 0 Å². The Kier molecular flexibility index (Phi) is 7.37. The Morgan fingerprint density at radius 3 is 2.78 bits per heavy atom. The van der Waals surface area contributed by atoms with Gasteiger partial charge in [0, 0.05) is 28.4 Å². The first-order valence-electron chi connectivity index (χ1n) is 11.0. The second kappa shape index (κ2) is 10.2. The molecule has 172 valence electrons. The molecule has 1 aromatic heterocycles. The van der Waals surface area contributed by atoms with Crippen molar-refractivity contribution in [1.82, 2.24) is 15.0 Å². The van der Waals surface area contributed by atoms with Crippen LogP contribution < -0.4 is 14.8 Å². The Morgan fingerprint density at radius 1 is 1.16 bits per heavy atom. The summed E-state index contributed by atoms with van der Waals surface area (Å²) < 4.78 is 33.6. The molecule has 1 amide bonds. The second-order valence-corrected chi connectivity index (χ2v) is 11.5. The molecule has 1 aliphatic carbocycles. The molecule has 1 aliphatic heterocycles. The first-order chi connectivity index (χ1) is 15.4. The molecule has 0 saturated heterocycles. The minimum atomic E-state index is -3.46. The number of thioether (sulfide) groups is 1. The Morgan fingerprint density at radius 2 is 1.97 bits per heavy atom. The van der Waals surface area contributed by atoms with E-state index in [4.69, 9.17) is 4.74 Å². The van der Waals surface area contributed by atoms with Crippen LogP contribution in [0.3, 0.4) is 0 Å². The number of nitrogens with one attached hydrogen (secondary N) is 2. The van der Waals surface area contributed by atoms with Crippen molar-refractivity contribution in [2.75, 3.05) is 12.4 Å². The number of nitrogens with zero attached hydrogens (tertiary/aromatic N) is 1. The zero-order valence-corrected chi connectivity index (χ0v) is 19.8. The van der Waals surface area contributed by atoms with Crippen molar-refractivity contribution >= 4 is 27.7 Å². The molecule has 4 rings (SSSR count). The summed E-state index contributed by atoms with van der Waals surface area (Å²) in [5.74, 6) is 1.28. The summed E-state index contributed by atoms with van der Waals surface area (Å²) in [6, 6.07) is 8.84. The van der Waals surface area contributed by atoms with Crippen LogP contribution in [0.1, 0.15) is 39.0 Å². The van der Waals surface area contributed by atoms with Crippen LogP contribution in [0, 0.1) is 0 Å². The van der Waals surface area contributed by atoms with E-state index in [-0.39, 0.29) is 23.8 Å². The number of carbonyl (C=O) groups is 1. The van der Waals surface area contributed by atoms with Crippen LogP contribution in [0.2, 0.25) is 0 Å². The molecular formula is C23H29N3O4S2. The van der Waals surface area contributed by atoms with Gasteiger partial charge in [-0.1, -0.05) is 24.6 Å². The monoisotopic (exact) mass is 475 g/mol. The summed E-state index contributed by atoms with van der Waals surface area (Å²) in [6.07, 6.45) is 7.10. The SMILES string of the molecule is C[C@@H]1COc2ccccc2-c2cncc(c2)SCCCC[C@H](NS(=O)(=O)C2CC2)C(=O)N1. The van der Waals surface area contributed by atoms with Crippen LogP contribution in [-0.2, 0) is 14.8 Å². The molecule has 0 unspecified atom stereocenters. The number of pyridine rings is 1. The van der Waals surface area contributed by atoms with E-state index < -0.39 is 16.1 Å². The van der Waals surface area contributed by atoms with Gasteiger partial charge in [-0.2, -0.15) is 0 Å². The van der Waals surface area contributed by atoms with Crippen molar-refractivity contribution in [2.45, 2.75) is 61.3 Å². The molecule has 2 bridgehead atoms. The number of amides is 1. The Balaban J connectivity index is 1.54. The van der Waals surface area contributed by atoms with E-state index in [0.29, 0.717) is 19.3 Å². The number of fused-ring (bicyclic) bond motifs is 4. The number of ether oxygens (including phenoxy) is 1. The van der Waals surface area contributed by atoms with E-state index in [1.807, 2.05) is 43.6 Å². The second-order valence-electron chi connectivity index (χ2n) is 8.39. The fraction of sp³-hybridized carbons (Fsp3) is 0.478. The minimum absolute atomic E-state index is 0.271. The number of aromatic nitrogens is 1. The van der Waals surface area contributed by atoms with Gasteiger partial charge in [0.05, 0.1) is 11.3 Å². The van der Waals surface area contributed by atoms with E-state index in [0.717, 1.165) is 40.4 Å². The zero-order chi connectivity index (χ0) is 22.6. The number of carbonyl (C=O) groups excluding carboxylic acids is 1. The van der Waals surface area contributed by atoms with Crippen LogP contribution in [-0.4, -0.2) is 49.0 Å². The number of benzene rings is 1. The molecule has 1 fully saturated rings. The Hall–Kier alpha value is -2.10. The van der Waals surface area contributed by atoms with E-state index in [9.17, 15) is 13.2 Å². The highest BCUT2D eigenvalue weighted by Gasteiger charge is 2.38. The number of rotatable bonds is 3. The van der Waals surface area contributed by atoms with E-state index >= 15 is 0 Å². The summed E-state index contributed by atoms with van der Waals surface area (Å²) in [5, 5.41) is 2.56. The summed E-state index contributed by atoms with van der Waals surface area (Å²) in [4.78, 5) is 18.4. The predicted molar refractivity (Wildman–Crippen MR) is 126 cm³/mol. The van der Waals surface area contributed by atoms with E-state index in [2.05, 4.69) is 21.1 Å². The average Bonchev–Trinajstić information content (AvgIpc) is 3.63. The van der Waals surface area contributed by atoms with Gasteiger partial charge in [0.2, 0.25) is 15.9 Å². The molecule has 0 spiro atoms. The van der Waals surface area contributed by atoms with Gasteiger partial charge in [-0.15, -0.1) is 11.8 Å². The maximum atomic E-state index is 12.9. The lowest BCUT2D eigenvalue weighted by Crippen LogP contribution is -2.50. The van der Waals surface area contributed by atoms with Gasteiger partial charge in [0.25, 0.3) is 0 Å². The first-order valence-corrected chi connectivity index (χ1v) is 13.6. The van der Waals surface area contributed by atoms with Crippen LogP contribution in [0.4, 0.5) is 0 Å². The third-order valence-corrected chi connectivity index (χ3v) is 8.54. The Bertz CT molecular complexity index is 1060. The average molecular weight is 476 g/mol. The van der Waals surface area contributed by atoms with Crippen molar-refractivity contribution < 1.29 is 17.9 Å². The van der Waals surface area contributed by atoms with Crippen molar-refractivity contribution in [1.29, 1.82) is 0 Å². The van der Waals surface area contributed by atoms with Gasteiger partial charge in [-0.3, -0.25) is 9.78 Å². The highest BCUT2D eigenvalue weighted by Crippen LogP contribution is 2.32. The largest absolute Gasteiger partial charge is 0.491 e. The van der Waals surface area contributed by atoms with Crippen molar-refractivity contribution in [3.05, 3.63) is 42.7 Å². The van der Waals surface area contributed by atoms with Gasteiger partial charge in [0.1, 0.15) is 18.4 Å². The lowest BCUT2D eigenvalue weighted by atomic mass is 10.1. The summed E-state index contributed by atoms with van der Waals surface area (Å²) in [7, 11) is -3.46. The standard InChI is InChI=1S/C23H29N3O4S2/c1-16-15-30-22-8-3-2-6-20(22)17-12-18(14-24-13-17)31-11-5-4-7-21(23(27)25-16)26-32(28,29)19-9-10-19/h2-3,6,8,12-14,16,19,21,26H,4-5,7,9-11,15H2,1H3,(H,25,27)/t16-,21+/m1/s1. The fourth-order valence-electron chi connectivity index (χ4n) is 3.63. The maximum Gasteiger partial charge on any atom is 0.238 e. The molecule has 2 atom stereocenters. The molecule has 2 heterocycles. The molecular weight excluding hydrogens is 446 g/mol. The first kappa shape index (κ1) is 23.1. The molecule has 2 N–H and O–H groups in total. The van der Waals surface area contributed by atoms with Gasteiger partial charge in [-0.05, 0) is 50.5 Å². The quantitative estimate of drug-likeness (QED) is 0.707. The molecule has 7 nitrogen and oxygen atoms in total. The van der Waals surface area contributed by atoms with Crippen LogP contribution in [0.25, 0.3) is 11.1 Å². The zero-order valence-electron chi connectivity index (χ0n) is 18.1. The highest BCUT2D eigenvalue weighted by atomic mass is 32.2. The van der Waals surface area contributed by atoms with Crippen LogP contribution in [0.15, 0.2) is 47.6 Å². The smallest absolute Gasteiger partial charge is 0.238 e. The molecule has 9 heteroatoms. The highest BCUT2D eigenvalue weighted by molar-refractivity contribution is 7.99. The number of sulfonamides is 1. The number of hydrogen-bond donors (Lipinski definition) is 2. The topological polar surface area (TPSA) is 97.4 Å². The number of para-hydroxylation sites is 1. The predicted octanol–water partition coefficient (Wildman–Crippen LogP) is 3.36. The maximum absolute atomic E-state index is 12.9. The molecule has 2 aliphatic rings.